The van der Waals surface area contributed by atoms with Crippen molar-refractivity contribution in [3.63, 3.8) is 0 Å². The topological polar surface area (TPSA) is 79.7 Å². The molecule has 13 heavy (non-hydrogen) atoms. The molecule has 4 N–H and O–H groups in total. The molecule has 0 aromatic carbocycles. The molecule has 0 saturated carbocycles. The van der Waals surface area contributed by atoms with E-state index >= 15 is 0 Å². The zero-order valence-electron chi connectivity index (χ0n) is 9.00. The lowest BCUT2D eigenvalue weighted by molar-refractivity contribution is 0.125. The maximum atomic E-state index is 5.08. The van der Waals surface area contributed by atoms with E-state index in [2.05, 4.69) is 0 Å². The van der Waals surface area contributed by atoms with Crippen molar-refractivity contribution in [1.82, 2.24) is 0 Å². The van der Waals surface area contributed by atoms with Crippen molar-refractivity contribution in [2.45, 2.75) is 13.0 Å². The first-order chi connectivity index (χ1) is 6.16. The summed E-state index contributed by atoms with van der Waals surface area (Å²) in [6.45, 7) is 3.18. The average Bonchev–Trinajstić information content (AvgIpc) is 2.23. The fourth-order valence-corrected chi connectivity index (χ4v) is 2.05. The van der Waals surface area contributed by atoms with Crippen LogP contribution in [0.3, 0.4) is 0 Å². The molecule has 0 aliphatic rings. The maximum Gasteiger partial charge on any atom is 0.499 e. The van der Waals surface area contributed by atoms with Crippen LogP contribution < -0.4 is 11.5 Å². The fourth-order valence-electron chi connectivity index (χ4n) is 0.683. The molecule has 0 unspecified atom stereocenters. The van der Waals surface area contributed by atoms with E-state index in [0.717, 1.165) is 6.04 Å². The van der Waals surface area contributed by atoms with Crippen LogP contribution in [0, 0.1) is 0 Å². The molecule has 0 aromatic rings. The lowest BCUT2D eigenvalue weighted by Crippen LogP contribution is -2.41. The minimum Gasteiger partial charge on any atom is -0.377 e. The van der Waals surface area contributed by atoms with E-state index in [0.29, 0.717) is 13.1 Å². The molecule has 0 amide bonds. The Kier molecular flexibility index (Phi) is 12.0. The second kappa shape index (κ2) is 10.1. The molecule has 0 heterocycles. The summed E-state index contributed by atoms with van der Waals surface area (Å²) in [5.74, 6) is 0. The molecule has 0 saturated heterocycles. The second-order valence-electron chi connectivity index (χ2n) is 2.23. The van der Waals surface area contributed by atoms with Crippen LogP contribution in [-0.4, -0.2) is 43.2 Å². The van der Waals surface area contributed by atoms with E-state index in [9.17, 15) is 0 Å². The van der Waals surface area contributed by atoms with Gasteiger partial charge in [-0.1, -0.05) is 6.92 Å². The molecular formula is C7H22N2O3Si. The van der Waals surface area contributed by atoms with Gasteiger partial charge in [-0.2, -0.15) is 0 Å². The summed E-state index contributed by atoms with van der Waals surface area (Å²) in [6, 6.07) is 0.816. The number of nitrogens with two attached hydrogens (primary N) is 2. The molecule has 0 fully saturated rings. The van der Waals surface area contributed by atoms with Crippen molar-refractivity contribution >= 4 is 8.80 Å². The van der Waals surface area contributed by atoms with Crippen molar-refractivity contribution in [3.8, 4) is 0 Å². The molecule has 6 heteroatoms. The third-order valence-electron chi connectivity index (χ3n) is 1.53. The summed E-state index contributed by atoms with van der Waals surface area (Å²) in [7, 11) is 2.65. The third-order valence-corrected chi connectivity index (χ3v) is 4.26. The van der Waals surface area contributed by atoms with E-state index < -0.39 is 8.80 Å². The highest BCUT2D eigenvalue weighted by Gasteiger charge is 2.34. The number of rotatable bonds is 5. The standard InChI is InChI=1S/C5H14O3Si.C2H8N2/c1-5-9(6-2,7-3)8-4;3-1-2-4/h5H2,1-4H3;1-4H2. The lowest BCUT2D eigenvalue weighted by Gasteiger charge is -2.22. The van der Waals surface area contributed by atoms with Gasteiger partial charge in [-0.05, 0) is 0 Å². The van der Waals surface area contributed by atoms with E-state index in [1.807, 2.05) is 6.92 Å². The van der Waals surface area contributed by atoms with Gasteiger partial charge >= 0.3 is 8.80 Å². The third kappa shape index (κ3) is 7.12. The normalized spacial score (nSPS) is 10.6. The summed E-state index contributed by atoms with van der Waals surface area (Å²) in [5, 5.41) is 0. The first-order valence-corrected chi connectivity index (χ1v) is 6.15. The van der Waals surface area contributed by atoms with Gasteiger partial charge in [0.15, 0.2) is 0 Å². The van der Waals surface area contributed by atoms with E-state index in [-0.39, 0.29) is 0 Å². The Hall–Kier alpha value is 0.0169. The minimum absolute atomic E-state index is 0.597. The van der Waals surface area contributed by atoms with Crippen LogP contribution in [0.5, 0.6) is 0 Å². The van der Waals surface area contributed by atoms with Crippen molar-refractivity contribution in [2.75, 3.05) is 34.4 Å². The smallest absolute Gasteiger partial charge is 0.377 e. The fraction of sp³-hybridized carbons (Fsp3) is 1.00. The lowest BCUT2D eigenvalue weighted by atomic mass is 10.7. The van der Waals surface area contributed by atoms with Crippen molar-refractivity contribution in [3.05, 3.63) is 0 Å². The number of hydrogen-bond donors (Lipinski definition) is 2. The largest absolute Gasteiger partial charge is 0.499 e. The SMILES string of the molecule is CC[Si](OC)(OC)OC.NCCN. The van der Waals surface area contributed by atoms with Gasteiger partial charge in [0, 0.05) is 40.5 Å². The van der Waals surface area contributed by atoms with Gasteiger partial charge in [0.05, 0.1) is 0 Å². The van der Waals surface area contributed by atoms with Crippen LogP contribution in [0.4, 0.5) is 0 Å². The quantitative estimate of drug-likeness (QED) is 0.614. The Morgan fingerprint density at radius 1 is 0.923 bits per heavy atom. The van der Waals surface area contributed by atoms with Gasteiger partial charge in [-0.3, -0.25) is 0 Å². The van der Waals surface area contributed by atoms with Crippen LogP contribution in [-0.2, 0) is 13.3 Å². The summed E-state index contributed by atoms with van der Waals surface area (Å²) in [5.41, 5.74) is 9.81. The predicted octanol–water partition coefficient (Wildman–Crippen LogP) is -0.212. The predicted molar refractivity (Wildman–Crippen MR) is 55.4 cm³/mol. The zero-order chi connectivity index (χ0) is 10.7. The maximum absolute atomic E-state index is 5.08. The van der Waals surface area contributed by atoms with Crippen LogP contribution in [0.15, 0.2) is 0 Å². The highest BCUT2D eigenvalue weighted by Crippen LogP contribution is 2.10. The second-order valence-corrected chi connectivity index (χ2v) is 5.52. The Morgan fingerprint density at radius 2 is 1.23 bits per heavy atom. The highest BCUT2D eigenvalue weighted by atomic mass is 28.4. The highest BCUT2D eigenvalue weighted by molar-refractivity contribution is 6.60. The molecule has 0 bridgehead atoms. The molecule has 0 aliphatic heterocycles. The first kappa shape index (κ1) is 15.5. The van der Waals surface area contributed by atoms with Crippen molar-refractivity contribution < 1.29 is 13.3 Å². The molecule has 0 atom stereocenters. The monoisotopic (exact) mass is 210 g/mol. The Balaban J connectivity index is 0. The minimum atomic E-state index is -2.19. The van der Waals surface area contributed by atoms with Gasteiger partial charge in [0.1, 0.15) is 0 Å². The molecule has 5 nitrogen and oxygen atoms in total. The Bertz CT molecular complexity index is 82.2. The van der Waals surface area contributed by atoms with Crippen molar-refractivity contribution in [2.24, 2.45) is 11.5 Å². The van der Waals surface area contributed by atoms with Crippen LogP contribution in [0.1, 0.15) is 6.92 Å². The molecular weight excluding hydrogens is 188 g/mol. The molecule has 82 valence electrons. The molecule has 0 aliphatic carbocycles. The molecule has 0 aromatic heterocycles. The Morgan fingerprint density at radius 3 is 1.23 bits per heavy atom. The average molecular weight is 210 g/mol. The summed E-state index contributed by atoms with van der Waals surface area (Å²) < 4.78 is 15.2. The van der Waals surface area contributed by atoms with Gasteiger partial charge in [-0.15, -0.1) is 0 Å². The molecule has 0 radical (unpaired) electrons. The molecule has 0 rings (SSSR count). The van der Waals surface area contributed by atoms with E-state index in [1.165, 1.54) is 0 Å². The van der Waals surface area contributed by atoms with Gasteiger partial charge < -0.3 is 24.7 Å². The first-order valence-electron chi connectivity index (χ1n) is 4.21. The van der Waals surface area contributed by atoms with E-state index in [4.69, 9.17) is 24.7 Å². The van der Waals surface area contributed by atoms with Crippen LogP contribution in [0.25, 0.3) is 0 Å². The zero-order valence-corrected chi connectivity index (χ0v) is 10.0. The van der Waals surface area contributed by atoms with Gasteiger partial charge in [0.25, 0.3) is 0 Å². The summed E-state index contributed by atoms with van der Waals surface area (Å²) in [6.07, 6.45) is 0. The van der Waals surface area contributed by atoms with E-state index in [1.54, 1.807) is 21.3 Å². The molecule has 0 spiro atoms. The summed E-state index contributed by atoms with van der Waals surface area (Å²) >= 11 is 0. The summed E-state index contributed by atoms with van der Waals surface area (Å²) in [4.78, 5) is 0. The van der Waals surface area contributed by atoms with Crippen LogP contribution >= 0.6 is 0 Å². The van der Waals surface area contributed by atoms with Crippen LogP contribution in [0.2, 0.25) is 6.04 Å². The number of hydrogen-bond acceptors (Lipinski definition) is 5. The Labute approximate surface area is 81.7 Å². The van der Waals surface area contributed by atoms with Gasteiger partial charge in [-0.25, -0.2) is 0 Å². The van der Waals surface area contributed by atoms with Crippen molar-refractivity contribution in [1.29, 1.82) is 0 Å². The van der Waals surface area contributed by atoms with Gasteiger partial charge in [0.2, 0.25) is 0 Å².